The highest BCUT2D eigenvalue weighted by atomic mass is 19.4. The largest absolute Gasteiger partial charge is 0.507 e. The molecule has 3 aromatic rings. The fourth-order valence-electron chi connectivity index (χ4n) is 2.19. The van der Waals surface area contributed by atoms with Gasteiger partial charge in [0, 0.05) is 23.2 Å². The molecule has 5 nitrogen and oxygen atoms in total. The molecule has 118 valence electrons. The maximum absolute atomic E-state index is 14.2. The number of rotatable bonds is 1. The van der Waals surface area contributed by atoms with Crippen molar-refractivity contribution in [1.82, 2.24) is 15.2 Å². The van der Waals surface area contributed by atoms with Crippen LogP contribution in [0, 0.1) is 5.82 Å². The van der Waals surface area contributed by atoms with Crippen molar-refractivity contribution in [1.29, 1.82) is 0 Å². The summed E-state index contributed by atoms with van der Waals surface area (Å²) in [6.45, 7) is 0. The Labute approximate surface area is 126 Å². The van der Waals surface area contributed by atoms with Crippen molar-refractivity contribution in [3.8, 4) is 17.0 Å². The van der Waals surface area contributed by atoms with Gasteiger partial charge in [-0.25, -0.2) is 4.39 Å². The number of alkyl halides is 3. The van der Waals surface area contributed by atoms with Gasteiger partial charge in [0.15, 0.2) is 5.82 Å². The number of nitrogens with two attached hydrogens (primary N) is 1. The predicted molar refractivity (Wildman–Crippen MR) is 73.8 cm³/mol. The van der Waals surface area contributed by atoms with Crippen molar-refractivity contribution >= 4 is 16.6 Å². The summed E-state index contributed by atoms with van der Waals surface area (Å²) in [7, 11) is 0. The Morgan fingerprint density at radius 1 is 1.09 bits per heavy atom. The smallest absolute Gasteiger partial charge is 0.416 e. The number of anilines is 1. The molecule has 0 fully saturated rings. The quantitative estimate of drug-likeness (QED) is 0.672. The van der Waals surface area contributed by atoms with Gasteiger partial charge in [0.25, 0.3) is 0 Å². The maximum atomic E-state index is 14.2. The van der Waals surface area contributed by atoms with Gasteiger partial charge in [-0.3, -0.25) is 4.98 Å². The normalized spacial score (nSPS) is 11.8. The number of nitrogen functional groups attached to an aromatic ring is 1. The summed E-state index contributed by atoms with van der Waals surface area (Å²) in [6, 6.07) is 2.18. The van der Waals surface area contributed by atoms with E-state index < -0.39 is 28.9 Å². The number of phenolic OH excluding ortho intramolecular Hbond substituents is 1. The van der Waals surface area contributed by atoms with Crippen molar-refractivity contribution in [2.45, 2.75) is 6.18 Å². The second-order valence-electron chi connectivity index (χ2n) is 4.71. The molecule has 3 N–H and O–H groups in total. The number of hydrogen-bond acceptors (Lipinski definition) is 5. The fourth-order valence-corrected chi connectivity index (χ4v) is 2.19. The van der Waals surface area contributed by atoms with Crippen LogP contribution in [0.2, 0.25) is 0 Å². The number of halogens is 4. The number of pyridine rings is 1. The van der Waals surface area contributed by atoms with Crippen LogP contribution in [0.4, 0.5) is 23.4 Å². The molecule has 0 radical (unpaired) electrons. The number of nitrogens with zero attached hydrogens (tertiary/aromatic N) is 3. The summed E-state index contributed by atoms with van der Waals surface area (Å²) in [5.74, 6) is -2.13. The lowest BCUT2D eigenvalue weighted by molar-refractivity contribution is -0.137. The Morgan fingerprint density at radius 2 is 1.83 bits per heavy atom. The van der Waals surface area contributed by atoms with E-state index in [0.29, 0.717) is 22.9 Å². The average molecular weight is 324 g/mol. The predicted octanol–water partition coefficient (Wildman–Crippen LogP) is 3.14. The first-order valence-electron chi connectivity index (χ1n) is 6.25. The van der Waals surface area contributed by atoms with Gasteiger partial charge < -0.3 is 10.8 Å². The van der Waals surface area contributed by atoms with E-state index in [1.54, 1.807) is 0 Å². The summed E-state index contributed by atoms with van der Waals surface area (Å²) in [5, 5.41) is 17.8. The zero-order chi connectivity index (χ0) is 16.8. The third kappa shape index (κ3) is 2.50. The van der Waals surface area contributed by atoms with E-state index >= 15 is 0 Å². The molecule has 0 aliphatic carbocycles. The van der Waals surface area contributed by atoms with Gasteiger partial charge in [0.1, 0.15) is 17.3 Å². The number of fused-ring (bicyclic) bond motifs is 1. The van der Waals surface area contributed by atoms with E-state index in [9.17, 15) is 22.7 Å². The lowest BCUT2D eigenvalue weighted by Gasteiger charge is -2.12. The van der Waals surface area contributed by atoms with Crippen LogP contribution >= 0.6 is 0 Å². The minimum atomic E-state index is -4.78. The number of aromatic hydroxyl groups is 1. The number of benzene rings is 1. The van der Waals surface area contributed by atoms with Crippen molar-refractivity contribution in [3.63, 3.8) is 0 Å². The zero-order valence-electron chi connectivity index (χ0n) is 11.3. The van der Waals surface area contributed by atoms with Crippen LogP contribution in [0.15, 0.2) is 30.6 Å². The molecule has 0 bridgehead atoms. The summed E-state index contributed by atoms with van der Waals surface area (Å²) in [4.78, 5) is 3.85. The molecule has 0 atom stereocenters. The lowest BCUT2D eigenvalue weighted by atomic mass is 10.0. The molecule has 0 unspecified atom stereocenters. The van der Waals surface area contributed by atoms with Crippen LogP contribution in [0.5, 0.6) is 5.75 Å². The SMILES string of the molecule is Nc1nnc(-c2c(O)cc(C(F)(F)F)cc2F)c2ccncc12. The first-order valence-corrected chi connectivity index (χ1v) is 6.25. The minimum absolute atomic E-state index is 0.0312. The summed E-state index contributed by atoms with van der Waals surface area (Å²) in [5.41, 5.74) is 3.73. The van der Waals surface area contributed by atoms with Gasteiger partial charge in [0.05, 0.1) is 11.1 Å². The third-order valence-electron chi connectivity index (χ3n) is 3.24. The molecule has 23 heavy (non-hydrogen) atoms. The zero-order valence-corrected chi connectivity index (χ0v) is 11.3. The van der Waals surface area contributed by atoms with Gasteiger partial charge in [-0.05, 0) is 18.2 Å². The van der Waals surface area contributed by atoms with E-state index in [4.69, 9.17) is 5.73 Å². The van der Waals surface area contributed by atoms with Crippen LogP contribution < -0.4 is 5.73 Å². The van der Waals surface area contributed by atoms with Crippen molar-refractivity contribution in [2.24, 2.45) is 0 Å². The summed E-state index contributed by atoms with van der Waals surface area (Å²) in [6.07, 6.45) is -2.04. The second-order valence-corrected chi connectivity index (χ2v) is 4.71. The average Bonchev–Trinajstić information content (AvgIpc) is 2.48. The summed E-state index contributed by atoms with van der Waals surface area (Å²) >= 11 is 0. The Morgan fingerprint density at radius 3 is 2.48 bits per heavy atom. The maximum Gasteiger partial charge on any atom is 0.416 e. The minimum Gasteiger partial charge on any atom is -0.507 e. The molecular formula is C14H8F4N4O. The topological polar surface area (TPSA) is 84.9 Å². The Balaban J connectivity index is 2.30. The number of hydrogen-bond donors (Lipinski definition) is 2. The van der Waals surface area contributed by atoms with E-state index in [0.717, 1.165) is 0 Å². The van der Waals surface area contributed by atoms with Crippen LogP contribution in [0.1, 0.15) is 5.56 Å². The number of aromatic nitrogens is 3. The molecule has 0 saturated heterocycles. The van der Waals surface area contributed by atoms with Crippen molar-refractivity contribution < 1.29 is 22.7 Å². The van der Waals surface area contributed by atoms with Crippen LogP contribution in [-0.4, -0.2) is 20.3 Å². The van der Waals surface area contributed by atoms with Crippen LogP contribution in [0.25, 0.3) is 22.0 Å². The Hall–Kier alpha value is -2.97. The first kappa shape index (κ1) is 14.9. The highest BCUT2D eigenvalue weighted by Crippen LogP contribution is 2.40. The lowest BCUT2D eigenvalue weighted by Crippen LogP contribution is -2.06. The molecule has 0 aliphatic rings. The monoisotopic (exact) mass is 324 g/mol. The van der Waals surface area contributed by atoms with Gasteiger partial charge >= 0.3 is 6.18 Å². The Kier molecular flexibility index (Phi) is 3.28. The molecule has 0 aliphatic heterocycles. The second kappa shape index (κ2) is 5.04. The Bertz CT molecular complexity index is 888. The van der Waals surface area contributed by atoms with Crippen LogP contribution in [0.3, 0.4) is 0 Å². The van der Waals surface area contributed by atoms with E-state index in [-0.39, 0.29) is 11.5 Å². The molecule has 9 heteroatoms. The molecule has 1 aromatic carbocycles. The van der Waals surface area contributed by atoms with Gasteiger partial charge in [0.2, 0.25) is 0 Å². The van der Waals surface area contributed by atoms with Crippen molar-refractivity contribution in [2.75, 3.05) is 5.73 Å². The molecule has 2 heterocycles. The van der Waals surface area contributed by atoms with E-state index in [1.807, 2.05) is 0 Å². The van der Waals surface area contributed by atoms with Crippen molar-refractivity contribution in [3.05, 3.63) is 42.0 Å². The fraction of sp³-hybridized carbons (Fsp3) is 0.0714. The molecule has 0 amide bonds. The first-order chi connectivity index (χ1) is 10.8. The van der Waals surface area contributed by atoms with E-state index in [1.165, 1.54) is 18.5 Å². The molecule has 0 saturated carbocycles. The molecule has 3 rings (SSSR count). The van der Waals surface area contributed by atoms with Gasteiger partial charge in [-0.1, -0.05) is 0 Å². The molecule has 2 aromatic heterocycles. The third-order valence-corrected chi connectivity index (χ3v) is 3.24. The molecular weight excluding hydrogens is 316 g/mol. The number of phenols is 1. The van der Waals surface area contributed by atoms with E-state index in [2.05, 4.69) is 15.2 Å². The highest BCUT2D eigenvalue weighted by Gasteiger charge is 2.33. The van der Waals surface area contributed by atoms with Gasteiger partial charge in [-0.2, -0.15) is 13.2 Å². The summed E-state index contributed by atoms with van der Waals surface area (Å²) < 4.78 is 52.2. The van der Waals surface area contributed by atoms with Gasteiger partial charge in [-0.15, -0.1) is 10.2 Å². The molecule has 0 spiro atoms. The van der Waals surface area contributed by atoms with Crippen LogP contribution in [-0.2, 0) is 6.18 Å². The standard InChI is InChI=1S/C14H8F4N4O/c15-9-3-6(14(16,17)18)4-10(23)11(9)12-7-1-2-20-5-8(7)13(19)22-21-12/h1-5,23H,(H2,19,22). The highest BCUT2D eigenvalue weighted by molar-refractivity contribution is 5.99.